The first-order chi connectivity index (χ1) is 9.99. The Morgan fingerprint density at radius 2 is 2.24 bits per heavy atom. The normalized spacial score (nSPS) is 23.9. The SMILES string of the molecule is C/C=C/CCC(CC1OC(=O)C1C)OC(=O)[C@H](C)NC=O. The van der Waals surface area contributed by atoms with Gasteiger partial charge in [-0.15, -0.1) is 0 Å². The average molecular weight is 297 g/mol. The van der Waals surface area contributed by atoms with Crippen LogP contribution in [0.15, 0.2) is 12.2 Å². The molecule has 1 rings (SSSR count). The maximum absolute atomic E-state index is 11.8. The zero-order valence-electron chi connectivity index (χ0n) is 12.7. The van der Waals surface area contributed by atoms with Crippen molar-refractivity contribution in [2.24, 2.45) is 5.92 Å². The monoisotopic (exact) mass is 297 g/mol. The molecule has 6 heteroatoms. The van der Waals surface area contributed by atoms with E-state index in [0.29, 0.717) is 19.3 Å². The molecule has 21 heavy (non-hydrogen) atoms. The van der Waals surface area contributed by atoms with Crippen molar-refractivity contribution < 1.29 is 23.9 Å². The van der Waals surface area contributed by atoms with Crippen molar-refractivity contribution in [3.05, 3.63) is 12.2 Å². The van der Waals surface area contributed by atoms with Gasteiger partial charge in [0, 0.05) is 6.42 Å². The van der Waals surface area contributed by atoms with Crippen LogP contribution in [0.1, 0.15) is 40.0 Å². The van der Waals surface area contributed by atoms with E-state index in [9.17, 15) is 14.4 Å². The Morgan fingerprint density at radius 1 is 1.52 bits per heavy atom. The number of esters is 2. The number of hydrogen-bond acceptors (Lipinski definition) is 5. The fourth-order valence-corrected chi connectivity index (χ4v) is 2.06. The number of carbonyl (C=O) groups excluding carboxylic acids is 3. The van der Waals surface area contributed by atoms with E-state index >= 15 is 0 Å². The molecule has 118 valence electrons. The van der Waals surface area contributed by atoms with Crippen LogP contribution in [0.4, 0.5) is 0 Å². The summed E-state index contributed by atoms with van der Waals surface area (Å²) >= 11 is 0. The number of rotatable bonds is 9. The second-order valence-corrected chi connectivity index (χ2v) is 5.21. The Labute approximate surface area is 124 Å². The van der Waals surface area contributed by atoms with Gasteiger partial charge in [0.05, 0.1) is 5.92 Å². The predicted octanol–water partition coefficient (Wildman–Crippen LogP) is 1.34. The molecule has 1 heterocycles. The van der Waals surface area contributed by atoms with Crippen molar-refractivity contribution in [3.63, 3.8) is 0 Å². The van der Waals surface area contributed by atoms with Crippen LogP contribution in [0.5, 0.6) is 0 Å². The van der Waals surface area contributed by atoms with Crippen LogP contribution < -0.4 is 5.32 Å². The largest absolute Gasteiger partial charge is 0.461 e. The van der Waals surface area contributed by atoms with Gasteiger partial charge in [-0.1, -0.05) is 12.2 Å². The lowest BCUT2D eigenvalue weighted by molar-refractivity contribution is -0.187. The van der Waals surface area contributed by atoms with Gasteiger partial charge in [-0.25, -0.2) is 4.79 Å². The van der Waals surface area contributed by atoms with Gasteiger partial charge >= 0.3 is 11.9 Å². The van der Waals surface area contributed by atoms with E-state index in [0.717, 1.165) is 6.42 Å². The molecular formula is C15H23NO5. The molecule has 6 nitrogen and oxygen atoms in total. The molecule has 0 saturated carbocycles. The Kier molecular flexibility index (Phi) is 6.91. The first-order valence-corrected chi connectivity index (χ1v) is 7.21. The molecule has 0 aliphatic carbocycles. The molecule has 0 bridgehead atoms. The van der Waals surface area contributed by atoms with Crippen LogP contribution >= 0.6 is 0 Å². The van der Waals surface area contributed by atoms with Crippen LogP contribution in [-0.4, -0.2) is 36.6 Å². The van der Waals surface area contributed by atoms with Gasteiger partial charge in [0.2, 0.25) is 6.41 Å². The molecule has 1 fully saturated rings. The van der Waals surface area contributed by atoms with Gasteiger partial charge in [0.1, 0.15) is 18.2 Å². The lowest BCUT2D eigenvalue weighted by Crippen LogP contribution is -2.46. The summed E-state index contributed by atoms with van der Waals surface area (Å²) in [5.41, 5.74) is 0. The molecular weight excluding hydrogens is 274 g/mol. The second-order valence-electron chi connectivity index (χ2n) is 5.21. The Balaban J connectivity index is 2.53. The molecule has 0 spiro atoms. The number of amides is 1. The fraction of sp³-hybridized carbons (Fsp3) is 0.667. The highest BCUT2D eigenvalue weighted by Crippen LogP contribution is 2.27. The topological polar surface area (TPSA) is 81.7 Å². The van der Waals surface area contributed by atoms with E-state index in [1.54, 1.807) is 13.8 Å². The van der Waals surface area contributed by atoms with Crippen LogP contribution in [0, 0.1) is 5.92 Å². The van der Waals surface area contributed by atoms with Crippen molar-refractivity contribution in [2.45, 2.75) is 58.3 Å². The van der Waals surface area contributed by atoms with Crippen LogP contribution in [0.25, 0.3) is 0 Å². The first-order valence-electron chi connectivity index (χ1n) is 7.21. The lowest BCUT2D eigenvalue weighted by atomic mass is 9.92. The first kappa shape index (κ1) is 17.2. The molecule has 1 aliphatic rings. The van der Waals surface area contributed by atoms with E-state index in [1.165, 1.54) is 0 Å². The molecule has 0 aromatic rings. The van der Waals surface area contributed by atoms with Gasteiger partial charge in [0.15, 0.2) is 0 Å². The number of carbonyl (C=O) groups is 3. The summed E-state index contributed by atoms with van der Waals surface area (Å²) in [4.78, 5) is 33.3. The summed E-state index contributed by atoms with van der Waals surface area (Å²) < 4.78 is 10.5. The zero-order chi connectivity index (χ0) is 15.8. The summed E-state index contributed by atoms with van der Waals surface area (Å²) in [5.74, 6) is -0.848. The van der Waals surface area contributed by atoms with E-state index in [-0.39, 0.29) is 24.1 Å². The van der Waals surface area contributed by atoms with Gasteiger partial charge in [-0.2, -0.15) is 0 Å². The molecule has 1 saturated heterocycles. The highest BCUT2D eigenvalue weighted by Gasteiger charge is 2.40. The molecule has 4 atom stereocenters. The Morgan fingerprint density at radius 3 is 2.76 bits per heavy atom. The maximum atomic E-state index is 11.8. The Bertz CT molecular complexity index is 407. The van der Waals surface area contributed by atoms with Gasteiger partial charge in [0.25, 0.3) is 0 Å². The lowest BCUT2D eigenvalue weighted by Gasteiger charge is -2.35. The number of allylic oxidation sites excluding steroid dienone is 2. The minimum atomic E-state index is -0.687. The van der Waals surface area contributed by atoms with Crippen molar-refractivity contribution in [3.8, 4) is 0 Å². The zero-order valence-corrected chi connectivity index (χ0v) is 12.7. The van der Waals surface area contributed by atoms with Crippen molar-refractivity contribution in [2.75, 3.05) is 0 Å². The van der Waals surface area contributed by atoms with Crippen LogP contribution in [-0.2, 0) is 23.9 Å². The van der Waals surface area contributed by atoms with Gasteiger partial charge in [-0.05, 0) is 33.6 Å². The molecule has 1 aliphatic heterocycles. The van der Waals surface area contributed by atoms with Crippen LogP contribution in [0.3, 0.4) is 0 Å². The summed E-state index contributed by atoms with van der Waals surface area (Å²) in [5, 5.41) is 2.36. The fourth-order valence-electron chi connectivity index (χ4n) is 2.06. The van der Waals surface area contributed by atoms with E-state index in [1.807, 2.05) is 19.1 Å². The second kappa shape index (κ2) is 8.44. The van der Waals surface area contributed by atoms with Crippen LogP contribution in [0.2, 0.25) is 0 Å². The number of hydrogen-bond donors (Lipinski definition) is 1. The molecule has 1 amide bonds. The van der Waals surface area contributed by atoms with Crippen molar-refractivity contribution >= 4 is 18.3 Å². The predicted molar refractivity (Wildman–Crippen MR) is 76.3 cm³/mol. The molecule has 0 aromatic heterocycles. The minimum absolute atomic E-state index is 0.154. The third kappa shape index (κ3) is 5.21. The van der Waals surface area contributed by atoms with Gasteiger partial charge in [-0.3, -0.25) is 9.59 Å². The highest BCUT2D eigenvalue weighted by atomic mass is 16.6. The molecule has 0 radical (unpaired) electrons. The maximum Gasteiger partial charge on any atom is 0.328 e. The van der Waals surface area contributed by atoms with Crippen molar-refractivity contribution in [1.29, 1.82) is 0 Å². The molecule has 0 aromatic carbocycles. The Hall–Kier alpha value is -1.85. The average Bonchev–Trinajstić information content (AvgIpc) is 2.46. The minimum Gasteiger partial charge on any atom is -0.461 e. The quantitative estimate of drug-likeness (QED) is 0.394. The summed E-state index contributed by atoms with van der Waals surface area (Å²) in [6.45, 7) is 5.29. The smallest absolute Gasteiger partial charge is 0.328 e. The summed E-state index contributed by atoms with van der Waals surface area (Å²) in [6.07, 6.45) is 5.79. The van der Waals surface area contributed by atoms with Gasteiger partial charge < -0.3 is 14.8 Å². The molecule has 1 N–H and O–H groups in total. The standard InChI is InChI=1S/C15H23NO5/c1-4-5-6-7-12(8-13-10(2)14(18)21-13)20-15(19)11(3)16-9-17/h4-5,9-13H,6-8H2,1-3H3,(H,16,17)/b5-4+/t10?,11-,12?,13?/m0/s1. The highest BCUT2D eigenvalue weighted by molar-refractivity contribution is 5.78. The van der Waals surface area contributed by atoms with E-state index in [4.69, 9.17) is 9.47 Å². The van der Waals surface area contributed by atoms with Crippen molar-refractivity contribution in [1.82, 2.24) is 5.32 Å². The number of nitrogens with one attached hydrogen (secondary N) is 1. The third-order valence-corrected chi connectivity index (χ3v) is 3.54. The third-order valence-electron chi connectivity index (χ3n) is 3.54. The summed E-state index contributed by atoms with van der Waals surface area (Å²) in [6, 6.07) is -0.687. The van der Waals surface area contributed by atoms with E-state index in [2.05, 4.69) is 5.32 Å². The van der Waals surface area contributed by atoms with E-state index < -0.39 is 12.0 Å². The summed E-state index contributed by atoms with van der Waals surface area (Å²) in [7, 11) is 0. The number of cyclic esters (lactones) is 1. The number of ether oxygens (including phenoxy) is 2. The molecule has 3 unspecified atom stereocenters.